The van der Waals surface area contributed by atoms with Gasteiger partial charge in [0.05, 0.1) is 26.4 Å². The van der Waals surface area contributed by atoms with E-state index in [2.05, 4.69) is 0 Å². The lowest BCUT2D eigenvalue weighted by Crippen LogP contribution is -2.27. The van der Waals surface area contributed by atoms with Crippen LogP contribution in [0.2, 0.25) is 0 Å². The highest BCUT2D eigenvalue weighted by Crippen LogP contribution is 2.07. The number of carbonyl (C=O) groups excluding carboxylic acids is 1. The minimum absolute atomic E-state index is 0.0682. The summed E-state index contributed by atoms with van der Waals surface area (Å²) in [4.78, 5) is 11.4. The molecule has 1 aromatic carbocycles. The van der Waals surface area contributed by atoms with Gasteiger partial charge in [0.15, 0.2) is 0 Å². The normalized spacial score (nSPS) is 12.1. The van der Waals surface area contributed by atoms with Gasteiger partial charge >= 0.3 is 5.97 Å². The Labute approximate surface area is 149 Å². The Hall–Kier alpha value is -1.48. The fourth-order valence-electron chi connectivity index (χ4n) is 1.79. The van der Waals surface area contributed by atoms with Gasteiger partial charge in [0.25, 0.3) is 10.1 Å². The average Bonchev–Trinajstić information content (AvgIpc) is 2.48. The third-order valence-corrected chi connectivity index (χ3v) is 3.90. The van der Waals surface area contributed by atoms with Crippen LogP contribution in [0.15, 0.2) is 30.3 Å². The van der Waals surface area contributed by atoms with Crippen molar-refractivity contribution in [3.05, 3.63) is 35.9 Å². The first-order valence-corrected chi connectivity index (χ1v) is 9.54. The van der Waals surface area contributed by atoms with Gasteiger partial charge in [-0.25, -0.2) is 4.79 Å². The number of benzene rings is 1. The second-order valence-electron chi connectivity index (χ2n) is 6.26. The predicted molar refractivity (Wildman–Crippen MR) is 92.5 cm³/mol. The molecule has 0 heterocycles. The van der Waals surface area contributed by atoms with Gasteiger partial charge in [-0.05, 0) is 26.3 Å². The summed E-state index contributed by atoms with van der Waals surface area (Å²) in [5.41, 5.74) is 0.124. The standard InChI is InChI=1S/C17H26O7S/c1-17(2,3)24-16(18)13-22-10-9-21-11-12-23-25(19,20)14-15-7-5-4-6-8-15/h4-8H,9-14H2,1-3H3. The van der Waals surface area contributed by atoms with Crippen molar-refractivity contribution < 1.29 is 31.6 Å². The molecule has 0 bridgehead atoms. The number of hydrogen-bond acceptors (Lipinski definition) is 7. The summed E-state index contributed by atoms with van der Waals surface area (Å²) in [5, 5.41) is 0. The smallest absolute Gasteiger partial charge is 0.332 e. The van der Waals surface area contributed by atoms with Gasteiger partial charge in [-0.15, -0.1) is 0 Å². The lowest BCUT2D eigenvalue weighted by Gasteiger charge is -2.19. The maximum atomic E-state index is 11.8. The fraction of sp³-hybridized carbons (Fsp3) is 0.588. The van der Waals surface area contributed by atoms with E-state index in [-0.39, 0.29) is 38.8 Å². The van der Waals surface area contributed by atoms with Crippen molar-refractivity contribution in [2.75, 3.05) is 33.0 Å². The van der Waals surface area contributed by atoms with Crippen LogP contribution in [0.1, 0.15) is 26.3 Å². The van der Waals surface area contributed by atoms with E-state index >= 15 is 0 Å². The number of hydrogen-bond donors (Lipinski definition) is 0. The summed E-state index contributed by atoms with van der Waals surface area (Å²) in [5.74, 6) is -0.616. The maximum Gasteiger partial charge on any atom is 0.332 e. The molecule has 0 spiro atoms. The molecule has 0 saturated carbocycles. The van der Waals surface area contributed by atoms with Crippen molar-refractivity contribution in [1.29, 1.82) is 0 Å². The van der Waals surface area contributed by atoms with Crippen molar-refractivity contribution in [3.63, 3.8) is 0 Å². The van der Waals surface area contributed by atoms with E-state index in [0.717, 1.165) is 0 Å². The Balaban J connectivity index is 2.05. The minimum atomic E-state index is -3.63. The van der Waals surface area contributed by atoms with E-state index in [4.69, 9.17) is 18.4 Å². The fourth-order valence-corrected chi connectivity index (χ4v) is 2.79. The molecule has 0 radical (unpaired) electrons. The molecule has 142 valence electrons. The summed E-state index contributed by atoms with van der Waals surface area (Å²) < 4.78 is 43.8. The van der Waals surface area contributed by atoms with Crippen molar-refractivity contribution in [3.8, 4) is 0 Å². The third-order valence-electron chi connectivity index (χ3n) is 2.69. The van der Waals surface area contributed by atoms with Crippen molar-refractivity contribution in [1.82, 2.24) is 0 Å². The van der Waals surface area contributed by atoms with E-state index in [1.165, 1.54) is 0 Å². The largest absolute Gasteiger partial charge is 0.458 e. The summed E-state index contributed by atoms with van der Waals surface area (Å²) in [6.45, 7) is 5.66. The number of ether oxygens (including phenoxy) is 3. The van der Waals surface area contributed by atoms with E-state index in [9.17, 15) is 13.2 Å². The Morgan fingerprint density at radius 3 is 2.20 bits per heavy atom. The van der Waals surface area contributed by atoms with Crippen LogP contribution in [0.3, 0.4) is 0 Å². The molecule has 0 saturated heterocycles. The second-order valence-corrected chi connectivity index (χ2v) is 7.90. The highest BCUT2D eigenvalue weighted by molar-refractivity contribution is 7.85. The highest BCUT2D eigenvalue weighted by Gasteiger charge is 2.16. The molecule has 0 N–H and O–H groups in total. The van der Waals surface area contributed by atoms with E-state index in [1.54, 1.807) is 45.0 Å². The van der Waals surface area contributed by atoms with Crippen LogP contribution >= 0.6 is 0 Å². The van der Waals surface area contributed by atoms with Gasteiger partial charge in [-0.3, -0.25) is 4.18 Å². The average molecular weight is 374 g/mol. The molecule has 0 aliphatic rings. The summed E-state index contributed by atoms with van der Waals surface area (Å²) in [6.07, 6.45) is 0. The topological polar surface area (TPSA) is 88.1 Å². The predicted octanol–water partition coefficient (Wildman–Crippen LogP) is 1.91. The molecular weight excluding hydrogens is 348 g/mol. The van der Waals surface area contributed by atoms with Crippen LogP contribution in [-0.4, -0.2) is 53.0 Å². The first-order chi connectivity index (χ1) is 11.7. The van der Waals surface area contributed by atoms with Gasteiger partial charge in [0, 0.05) is 0 Å². The molecule has 7 nitrogen and oxygen atoms in total. The molecular formula is C17H26O7S. The van der Waals surface area contributed by atoms with Crippen LogP contribution in [0.5, 0.6) is 0 Å². The van der Waals surface area contributed by atoms with Crippen molar-refractivity contribution in [2.45, 2.75) is 32.1 Å². The number of esters is 1. The van der Waals surface area contributed by atoms with Crippen LogP contribution in [0, 0.1) is 0 Å². The molecule has 0 fully saturated rings. The third kappa shape index (κ3) is 11.7. The molecule has 1 aromatic rings. The lowest BCUT2D eigenvalue weighted by molar-refractivity contribution is -0.160. The zero-order valence-electron chi connectivity index (χ0n) is 14.9. The van der Waals surface area contributed by atoms with Gasteiger partial charge in [0.2, 0.25) is 0 Å². The van der Waals surface area contributed by atoms with Crippen LogP contribution in [-0.2, 0) is 39.1 Å². The van der Waals surface area contributed by atoms with Gasteiger partial charge in [-0.1, -0.05) is 30.3 Å². The summed E-state index contributed by atoms with van der Waals surface area (Å²) in [7, 11) is -3.63. The van der Waals surface area contributed by atoms with E-state index in [0.29, 0.717) is 5.56 Å². The Kier molecular flexibility index (Phi) is 9.05. The highest BCUT2D eigenvalue weighted by atomic mass is 32.2. The number of carbonyl (C=O) groups is 1. The van der Waals surface area contributed by atoms with Crippen LogP contribution in [0.25, 0.3) is 0 Å². The maximum absolute atomic E-state index is 11.8. The monoisotopic (exact) mass is 374 g/mol. The van der Waals surface area contributed by atoms with Crippen LogP contribution in [0.4, 0.5) is 0 Å². The molecule has 0 aromatic heterocycles. The lowest BCUT2D eigenvalue weighted by atomic mass is 10.2. The first-order valence-electron chi connectivity index (χ1n) is 7.96. The van der Waals surface area contributed by atoms with E-state index in [1.807, 2.05) is 6.07 Å². The Bertz CT molecular complexity index is 606. The SMILES string of the molecule is CC(C)(C)OC(=O)COCCOCCOS(=O)(=O)Cc1ccccc1. The van der Waals surface area contributed by atoms with Crippen molar-refractivity contribution in [2.24, 2.45) is 0 Å². The van der Waals surface area contributed by atoms with Crippen LogP contribution < -0.4 is 0 Å². The quantitative estimate of drug-likeness (QED) is 0.332. The molecule has 25 heavy (non-hydrogen) atoms. The zero-order chi connectivity index (χ0) is 18.8. The van der Waals surface area contributed by atoms with Gasteiger partial charge < -0.3 is 14.2 Å². The Morgan fingerprint density at radius 1 is 0.960 bits per heavy atom. The molecule has 0 unspecified atom stereocenters. The summed E-state index contributed by atoms with van der Waals surface area (Å²) >= 11 is 0. The molecule has 0 aliphatic heterocycles. The summed E-state index contributed by atoms with van der Waals surface area (Å²) in [6, 6.07) is 8.80. The van der Waals surface area contributed by atoms with E-state index < -0.39 is 21.7 Å². The molecule has 8 heteroatoms. The zero-order valence-corrected chi connectivity index (χ0v) is 15.7. The molecule has 0 aliphatic carbocycles. The van der Waals surface area contributed by atoms with Gasteiger partial charge in [-0.2, -0.15) is 8.42 Å². The molecule has 0 amide bonds. The minimum Gasteiger partial charge on any atom is -0.458 e. The molecule has 0 atom stereocenters. The van der Waals surface area contributed by atoms with Crippen molar-refractivity contribution >= 4 is 16.1 Å². The Morgan fingerprint density at radius 2 is 1.56 bits per heavy atom. The number of rotatable bonds is 11. The first kappa shape index (κ1) is 21.6. The molecule has 1 rings (SSSR count). The second kappa shape index (κ2) is 10.5. The van der Waals surface area contributed by atoms with Gasteiger partial charge in [0.1, 0.15) is 18.0 Å².